The number of nitrogens with zero attached hydrogens (tertiary/aromatic N) is 1. The van der Waals surface area contributed by atoms with Gasteiger partial charge in [0.2, 0.25) is 0 Å². The van der Waals surface area contributed by atoms with E-state index in [0.717, 1.165) is 6.42 Å². The van der Waals surface area contributed by atoms with Gasteiger partial charge in [-0.25, -0.2) is 9.59 Å². The van der Waals surface area contributed by atoms with Crippen LogP contribution in [-0.4, -0.2) is 41.8 Å². The maximum Gasteiger partial charge on any atom is 0.411 e. The van der Waals surface area contributed by atoms with E-state index in [4.69, 9.17) is 9.47 Å². The molecule has 0 aromatic rings. The maximum absolute atomic E-state index is 12.3. The average molecular weight is 283 g/mol. The van der Waals surface area contributed by atoms with Crippen molar-refractivity contribution < 1.29 is 19.1 Å². The maximum atomic E-state index is 12.3. The minimum atomic E-state index is -0.927. The van der Waals surface area contributed by atoms with Crippen molar-refractivity contribution in [3.8, 4) is 0 Å². The molecule has 0 bridgehead atoms. The van der Waals surface area contributed by atoms with E-state index in [1.807, 2.05) is 39.8 Å². The molecule has 20 heavy (non-hydrogen) atoms. The molecule has 5 heteroatoms. The third kappa shape index (κ3) is 3.52. The summed E-state index contributed by atoms with van der Waals surface area (Å²) in [7, 11) is 1.35. The lowest BCUT2D eigenvalue weighted by Gasteiger charge is -2.36. The first-order valence-electron chi connectivity index (χ1n) is 6.97. The minimum absolute atomic E-state index is 0.376. The lowest BCUT2D eigenvalue weighted by Crippen LogP contribution is -2.54. The number of amides is 1. The Balaban J connectivity index is 3.02. The number of esters is 1. The van der Waals surface area contributed by atoms with Gasteiger partial charge in [0.15, 0.2) is 0 Å². The normalized spacial score (nSPS) is 23.1. The molecule has 1 heterocycles. The summed E-state index contributed by atoms with van der Waals surface area (Å²) in [5.74, 6) is -0.376. The summed E-state index contributed by atoms with van der Waals surface area (Å²) in [5.41, 5.74) is -1.51. The van der Waals surface area contributed by atoms with E-state index in [0.29, 0.717) is 19.4 Å². The van der Waals surface area contributed by atoms with Crippen LogP contribution < -0.4 is 0 Å². The van der Waals surface area contributed by atoms with Gasteiger partial charge >= 0.3 is 12.1 Å². The highest BCUT2D eigenvalue weighted by Gasteiger charge is 2.51. The van der Waals surface area contributed by atoms with Crippen molar-refractivity contribution >= 4 is 12.1 Å². The van der Waals surface area contributed by atoms with Crippen LogP contribution in [0.15, 0.2) is 12.2 Å². The molecule has 0 N–H and O–H groups in total. The van der Waals surface area contributed by atoms with Crippen LogP contribution >= 0.6 is 0 Å². The Hall–Kier alpha value is -1.52. The van der Waals surface area contributed by atoms with Gasteiger partial charge in [0.25, 0.3) is 0 Å². The number of hydrogen-bond acceptors (Lipinski definition) is 4. The molecular weight excluding hydrogens is 258 g/mol. The number of likely N-dealkylation sites (tertiary alicyclic amines) is 1. The van der Waals surface area contributed by atoms with Crippen molar-refractivity contribution in [3.63, 3.8) is 0 Å². The highest BCUT2D eigenvalue weighted by atomic mass is 16.6. The van der Waals surface area contributed by atoms with Gasteiger partial charge in [-0.2, -0.15) is 0 Å². The molecule has 0 spiro atoms. The second-order valence-corrected chi connectivity index (χ2v) is 6.03. The van der Waals surface area contributed by atoms with Gasteiger partial charge in [-0.15, -0.1) is 0 Å². The summed E-state index contributed by atoms with van der Waals surface area (Å²) in [4.78, 5) is 26.1. The van der Waals surface area contributed by atoms with Gasteiger partial charge in [0.05, 0.1) is 7.11 Å². The first-order chi connectivity index (χ1) is 9.27. The molecule has 1 rings (SSSR count). The molecule has 0 radical (unpaired) electrons. The van der Waals surface area contributed by atoms with Crippen LogP contribution in [-0.2, 0) is 14.3 Å². The van der Waals surface area contributed by atoms with Crippen LogP contribution in [0.3, 0.4) is 0 Å². The van der Waals surface area contributed by atoms with Crippen molar-refractivity contribution in [2.75, 3.05) is 13.7 Å². The average Bonchev–Trinajstić information content (AvgIpc) is 2.78. The molecule has 1 aliphatic heterocycles. The van der Waals surface area contributed by atoms with E-state index < -0.39 is 17.2 Å². The first kappa shape index (κ1) is 16.5. The van der Waals surface area contributed by atoms with E-state index in [1.165, 1.54) is 12.0 Å². The monoisotopic (exact) mass is 283 g/mol. The Morgan fingerprint density at radius 1 is 1.35 bits per heavy atom. The van der Waals surface area contributed by atoms with E-state index in [-0.39, 0.29) is 5.97 Å². The molecule has 0 saturated carbocycles. The van der Waals surface area contributed by atoms with Crippen molar-refractivity contribution in [1.29, 1.82) is 0 Å². The quantitative estimate of drug-likeness (QED) is 0.590. The molecular formula is C15H25NO4. The van der Waals surface area contributed by atoms with Crippen LogP contribution in [0.4, 0.5) is 4.79 Å². The molecule has 1 aliphatic rings. The smallest absolute Gasteiger partial charge is 0.411 e. The fourth-order valence-corrected chi connectivity index (χ4v) is 2.47. The molecule has 1 fully saturated rings. The van der Waals surface area contributed by atoms with Gasteiger partial charge < -0.3 is 9.47 Å². The topological polar surface area (TPSA) is 55.8 Å². The highest BCUT2D eigenvalue weighted by molar-refractivity contribution is 5.86. The summed E-state index contributed by atoms with van der Waals surface area (Å²) >= 11 is 0. The Morgan fingerprint density at radius 3 is 2.50 bits per heavy atom. The molecule has 1 amide bonds. The Kier molecular flexibility index (Phi) is 5.20. The van der Waals surface area contributed by atoms with Gasteiger partial charge in [0, 0.05) is 6.54 Å². The van der Waals surface area contributed by atoms with Crippen LogP contribution in [0.25, 0.3) is 0 Å². The predicted molar refractivity (Wildman–Crippen MR) is 76.4 cm³/mol. The van der Waals surface area contributed by atoms with Gasteiger partial charge in [-0.3, -0.25) is 4.90 Å². The molecule has 1 saturated heterocycles. The lowest BCUT2D eigenvalue weighted by atomic mass is 9.92. The van der Waals surface area contributed by atoms with Crippen molar-refractivity contribution in [1.82, 2.24) is 4.90 Å². The summed E-state index contributed by atoms with van der Waals surface area (Å²) in [6, 6.07) is 0. The fraction of sp³-hybridized carbons (Fsp3) is 0.733. The Bertz CT molecular complexity index is 397. The number of rotatable bonds is 3. The lowest BCUT2D eigenvalue weighted by molar-refractivity contribution is -0.153. The zero-order valence-corrected chi connectivity index (χ0v) is 13.1. The Labute approximate surface area is 120 Å². The summed E-state index contributed by atoms with van der Waals surface area (Å²) in [6.45, 7) is 7.84. The SMILES string of the molecule is C/C=C/CC1(C(=O)OC)CCCN1C(=O)OC(C)(C)C. The molecule has 5 nitrogen and oxygen atoms in total. The van der Waals surface area contributed by atoms with Crippen LogP contribution in [0.1, 0.15) is 47.0 Å². The van der Waals surface area contributed by atoms with Gasteiger partial charge in [0.1, 0.15) is 11.1 Å². The highest BCUT2D eigenvalue weighted by Crippen LogP contribution is 2.35. The number of carbonyl (C=O) groups excluding carboxylic acids is 2. The number of methoxy groups -OCH3 is 1. The fourth-order valence-electron chi connectivity index (χ4n) is 2.47. The molecule has 1 atom stereocenters. The van der Waals surface area contributed by atoms with E-state index in [1.54, 1.807) is 0 Å². The van der Waals surface area contributed by atoms with E-state index in [9.17, 15) is 9.59 Å². The standard InChI is InChI=1S/C15H25NO4/c1-6-7-9-15(12(17)19-5)10-8-11-16(15)13(18)20-14(2,3)4/h6-7H,8-11H2,1-5H3/b7-6+. The number of ether oxygens (including phenoxy) is 2. The first-order valence-corrected chi connectivity index (χ1v) is 6.97. The van der Waals surface area contributed by atoms with E-state index in [2.05, 4.69) is 0 Å². The van der Waals surface area contributed by atoms with Crippen molar-refractivity contribution in [2.24, 2.45) is 0 Å². The van der Waals surface area contributed by atoms with Crippen LogP contribution in [0, 0.1) is 0 Å². The minimum Gasteiger partial charge on any atom is -0.467 e. The van der Waals surface area contributed by atoms with Gasteiger partial charge in [-0.05, 0) is 47.0 Å². The molecule has 0 aromatic heterocycles. The predicted octanol–water partition coefficient (Wildman–Crippen LogP) is 2.90. The third-order valence-corrected chi connectivity index (χ3v) is 3.36. The second-order valence-electron chi connectivity index (χ2n) is 6.03. The number of carbonyl (C=O) groups is 2. The largest absolute Gasteiger partial charge is 0.467 e. The number of allylic oxidation sites excluding steroid dienone is 1. The molecule has 114 valence electrons. The molecule has 1 unspecified atom stereocenters. The van der Waals surface area contributed by atoms with Gasteiger partial charge in [-0.1, -0.05) is 12.2 Å². The summed E-state index contributed by atoms with van der Waals surface area (Å²) < 4.78 is 10.3. The second kappa shape index (κ2) is 6.29. The molecule has 0 aromatic carbocycles. The van der Waals surface area contributed by atoms with Crippen LogP contribution in [0.5, 0.6) is 0 Å². The zero-order valence-electron chi connectivity index (χ0n) is 13.1. The van der Waals surface area contributed by atoms with Crippen molar-refractivity contribution in [2.45, 2.75) is 58.1 Å². The molecule has 0 aliphatic carbocycles. The summed E-state index contributed by atoms with van der Waals surface area (Å²) in [6.07, 6.45) is 5.13. The third-order valence-electron chi connectivity index (χ3n) is 3.36. The Morgan fingerprint density at radius 2 is 2.00 bits per heavy atom. The number of hydrogen-bond donors (Lipinski definition) is 0. The van der Waals surface area contributed by atoms with E-state index >= 15 is 0 Å². The zero-order chi connectivity index (χ0) is 15.4. The van der Waals surface area contributed by atoms with Crippen molar-refractivity contribution in [3.05, 3.63) is 12.2 Å². The summed E-state index contributed by atoms with van der Waals surface area (Å²) in [5, 5.41) is 0. The van der Waals surface area contributed by atoms with Crippen LogP contribution in [0.2, 0.25) is 0 Å².